The predicted octanol–water partition coefficient (Wildman–Crippen LogP) is 2.00. The highest BCUT2D eigenvalue weighted by atomic mass is 16.5. The highest BCUT2D eigenvalue weighted by Crippen LogP contribution is 2.09. The number of carbonyl (C=O) groups excluding carboxylic acids is 1. The van der Waals surface area contributed by atoms with E-state index >= 15 is 0 Å². The van der Waals surface area contributed by atoms with E-state index < -0.39 is 0 Å². The fourth-order valence-corrected chi connectivity index (χ4v) is 2.06. The van der Waals surface area contributed by atoms with E-state index in [4.69, 9.17) is 10.5 Å². The van der Waals surface area contributed by atoms with Gasteiger partial charge in [-0.2, -0.15) is 0 Å². The Bertz CT molecular complexity index is 570. The van der Waals surface area contributed by atoms with E-state index in [1.807, 2.05) is 54.6 Å². The molecule has 2 aromatic rings. The lowest BCUT2D eigenvalue weighted by Crippen LogP contribution is -2.29. The molecule has 0 spiro atoms. The third kappa shape index (κ3) is 4.61. The molecular formula is C17H20N2O2. The van der Waals surface area contributed by atoms with Crippen molar-refractivity contribution in [3.05, 3.63) is 65.7 Å². The summed E-state index contributed by atoms with van der Waals surface area (Å²) >= 11 is 0. The van der Waals surface area contributed by atoms with Crippen molar-refractivity contribution in [2.24, 2.45) is 5.73 Å². The van der Waals surface area contributed by atoms with Crippen LogP contribution in [0.25, 0.3) is 0 Å². The minimum absolute atomic E-state index is 0.0873. The first kappa shape index (κ1) is 15.1. The number of ether oxygens (including phenoxy) is 1. The lowest BCUT2D eigenvalue weighted by atomic mass is 10.0. The van der Waals surface area contributed by atoms with Crippen LogP contribution in [0.5, 0.6) is 5.75 Å². The SMILES string of the molecule is NCCc1ccccc1C(=O)NCCOc1ccccc1. The molecule has 1 amide bonds. The molecule has 0 aromatic heterocycles. The average Bonchev–Trinajstić information content (AvgIpc) is 2.53. The van der Waals surface area contributed by atoms with Crippen LogP contribution in [0.4, 0.5) is 0 Å². The van der Waals surface area contributed by atoms with Gasteiger partial charge in [0.15, 0.2) is 0 Å². The van der Waals surface area contributed by atoms with Gasteiger partial charge in [0, 0.05) is 5.56 Å². The first-order valence-corrected chi connectivity index (χ1v) is 7.05. The third-order valence-corrected chi connectivity index (χ3v) is 3.08. The highest BCUT2D eigenvalue weighted by molar-refractivity contribution is 5.95. The average molecular weight is 284 g/mol. The minimum Gasteiger partial charge on any atom is -0.492 e. The molecule has 0 fully saturated rings. The summed E-state index contributed by atoms with van der Waals surface area (Å²) in [5.41, 5.74) is 7.22. The van der Waals surface area contributed by atoms with Crippen LogP contribution >= 0.6 is 0 Å². The van der Waals surface area contributed by atoms with Crippen molar-refractivity contribution in [1.29, 1.82) is 0 Å². The van der Waals surface area contributed by atoms with Crippen molar-refractivity contribution < 1.29 is 9.53 Å². The summed E-state index contributed by atoms with van der Waals surface area (Å²) in [5.74, 6) is 0.714. The molecule has 21 heavy (non-hydrogen) atoms. The van der Waals surface area contributed by atoms with Gasteiger partial charge in [-0.1, -0.05) is 36.4 Å². The largest absolute Gasteiger partial charge is 0.492 e. The topological polar surface area (TPSA) is 64.4 Å². The fourth-order valence-electron chi connectivity index (χ4n) is 2.06. The van der Waals surface area contributed by atoms with Gasteiger partial charge in [0.05, 0.1) is 6.54 Å². The number of nitrogens with two attached hydrogens (primary N) is 1. The van der Waals surface area contributed by atoms with Crippen molar-refractivity contribution >= 4 is 5.91 Å². The van der Waals surface area contributed by atoms with Crippen LogP contribution in [0.3, 0.4) is 0 Å². The van der Waals surface area contributed by atoms with Gasteiger partial charge in [-0.05, 0) is 36.7 Å². The Labute approximate surface area is 124 Å². The highest BCUT2D eigenvalue weighted by Gasteiger charge is 2.09. The Kier molecular flexibility index (Phi) is 5.79. The van der Waals surface area contributed by atoms with Crippen LogP contribution in [0.1, 0.15) is 15.9 Å². The maximum atomic E-state index is 12.1. The van der Waals surface area contributed by atoms with Crippen LogP contribution in [0, 0.1) is 0 Å². The van der Waals surface area contributed by atoms with Crippen molar-refractivity contribution in [2.45, 2.75) is 6.42 Å². The maximum Gasteiger partial charge on any atom is 0.251 e. The molecule has 0 bridgehead atoms. The smallest absolute Gasteiger partial charge is 0.251 e. The zero-order chi connectivity index (χ0) is 14.9. The summed E-state index contributed by atoms with van der Waals surface area (Å²) in [4.78, 5) is 12.1. The fraction of sp³-hybridized carbons (Fsp3) is 0.235. The van der Waals surface area contributed by atoms with Crippen molar-refractivity contribution in [3.63, 3.8) is 0 Å². The molecule has 0 aliphatic rings. The monoisotopic (exact) mass is 284 g/mol. The number of carbonyl (C=O) groups is 1. The van der Waals surface area contributed by atoms with Crippen LogP contribution in [-0.2, 0) is 6.42 Å². The molecule has 0 saturated carbocycles. The molecule has 0 aliphatic heterocycles. The number of para-hydroxylation sites is 1. The Morgan fingerprint density at radius 3 is 2.52 bits per heavy atom. The lowest BCUT2D eigenvalue weighted by molar-refractivity contribution is 0.0946. The molecule has 110 valence electrons. The molecular weight excluding hydrogens is 264 g/mol. The zero-order valence-corrected chi connectivity index (χ0v) is 11.9. The van der Waals surface area contributed by atoms with E-state index in [0.717, 1.165) is 11.3 Å². The summed E-state index contributed by atoms with van der Waals surface area (Å²) in [7, 11) is 0. The molecule has 2 aromatic carbocycles. The van der Waals surface area contributed by atoms with Gasteiger partial charge in [-0.15, -0.1) is 0 Å². The van der Waals surface area contributed by atoms with Crippen LogP contribution in [0.15, 0.2) is 54.6 Å². The van der Waals surface area contributed by atoms with Gasteiger partial charge in [0.1, 0.15) is 12.4 Å². The van der Waals surface area contributed by atoms with Gasteiger partial charge < -0.3 is 15.8 Å². The molecule has 0 unspecified atom stereocenters. The van der Waals surface area contributed by atoms with Crippen LogP contribution in [-0.4, -0.2) is 25.6 Å². The van der Waals surface area contributed by atoms with Gasteiger partial charge >= 0.3 is 0 Å². The number of nitrogens with one attached hydrogen (secondary N) is 1. The molecule has 2 rings (SSSR count). The maximum absolute atomic E-state index is 12.1. The van der Waals surface area contributed by atoms with E-state index in [1.54, 1.807) is 0 Å². The second kappa shape index (κ2) is 8.07. The summed E-state index contributed by atoms with van der Waals surface area (Å²) < 4.78 is 5.54. The van der Waals surface area contributed by atoms with Gasteiger partial charge in [0.25, 0.3) is 5.91 Å². The molecule has 4 heteroatoms. The van der Waals surface area contributed by atoms with Crippen molar-refractivity contribution in [3.8, 4) is 5.75 Å². The second-order valence-electron chi connectivity index (χ2n) is 4.61. The summed E-state index contributed by atoms with van der Waals surface area (Å²) in [6.07, 6.45) is 0.699. The first-order valence-electron chi connectivity index (χ1n) is 7.05. The van der Waals surface area contributed by atoms with Gasteiger partial charge in [0.2, 0.25) is 0 Å². The quantitative estimate of drug-likeness (QED) is 0.764. The van der Waals surface area contributed by atoms with Crippen LogP contribution in [0.2, 0.25) is 0 Å². The van der Waals surface area contributed by atoms with Gasteiger partial charge in [-0.25, -0.2) is 0 Å². The third-order valence-electron chi connectivity index (χ3n) is 3.08. The van der Waals surface area contributed by atoms with Crippen molar-refractivity contribution in [2.75, 3.05) is 19.7 Å². The number of hydrogen-bond donors (Lipinski definition) is 2. The Morgan fingerprint density at radius 1 is 1.05 bits per heavy atom. The van der Waals surface area contributed by atoms with Crippen molar-refractivity contribution in [1.82, 2.24) is 5.32 Å². The summed E-state index contributed by atoms with van der Waals surface area (Å²) in [6.45, 7) is 1.43. The molecule has 4 nitrogen and oxygen atoms in total. The van der Waals surface area contributed by atoms with Gasteiger partial charge in [-0.3, -0.25) is 4.79 Å². The molecule has 3 N–H and O–H groups in total. The number of benzene rings is 2. The van der Waals surface area contributed by atoms with E-state index in [2.05, 4.69) is 5.32 Å². The number of hydrogen-bond acceptors (Lipinski definition) is 3. The molecule has 0 atom stereocenters. The summed E-state index contributed by atoms with van der Waals surface area (Å²) in [5, 5.41) is 2.86. The minimum atomic E-state index is -0.0873. The Morgan fingerprint density at radius 2 is 1.76 bits per heavy atom. The molecule has 0 saturated heterocycles. The Hall–Kier alpha value is -2.33. The Balaban J connectivity index is 1.82. The van der Waals surface area contributed by atoms with E-state index in [0.29, 0.717) is 31.7 Å². The predicted molar refractivity (Wildman–Crippen MR) is 83.5 cm³/mol. The zero-order valence-electron chi connectivity index (χ0n) is 11.9. The molecule has 0 heterocycles. The van der Waals surface area contributed by atoms with E-state index in [9.17, 15) is 4.79 Å². The molecule has 0 aliphatic carbocycles. The molecule has 0 radical (unpaired) electrons. The summed E-state index contributed by atoms with van der Waals surface area (Å²) in [6, 6.07) is 17.1. The number of amides is 1. The second-order valence-corrected chi connectivity index (χ2v) is 4.61. The normalized spacial score (nSPS) is 10.1. The van der Waals surface area contributed by atoms with E-state index in [1.165, 1.54) is 0 Å². The standard InChI is InChI=1S/C17H20N2O2/c18-11-10-14-6-4-5-9-16(14)17(20)19-12-13-21-15-7-2-1-3-8-15/h1-9H,10-13,18H2,(H,19,20). The van der Waals surface area contributed by atoms with Crippen LogP contribution < -0.4 is 15.8 Å². The van der Waals surface area contributed by atoms with E-state index in [-0.39, 0.29) is 5.91 Å². The lowest BCUT2D eigenvalue weighted by Gasteiger charge is -2.10. The first-order chi connectivity index (χ1) is 10.3. The number of rotatable bonds is 7.